The zero-order valence-corrected chi connectivity index (χ0v) is 13.9. The third-order valence-corrected chi connectivity index (χ3v) is 4.04. The van der Waals surface area contributed by atoms with Gasteiger partial charge in [0.1, 0.15) is 5.75 Å². The largest absolute Gasteiger partial charge is 0.496 e. The summed E-state index contributed by atoms with van der Waals surface area (Å²) >= 11 is 0. The molecule has 2 unspecified atom stereocenters. The molecule has 2 atom stereocenters. The Kier molecular flexibility index (Phi) is 5.80. The molecule has 0 bridgehead atoms. The van der Waals surface area contributed by atoms with Crippen molar-refractivity contribution in [2.45, 2.75) is 32.9 Å². The van der Waals surface area contributed by atoms with Gasteiger partial charge in [0.25, 0.3) is 0 Å². The van der Waals surface area contributed by atoms with Crippen molar-refractivity contribution in [3.63, 3.8) is 0 Å². The Labute approximate surface area is 132 Å². The van der Waals surface area contributed by atoms with Gasteiger partial charge in [-0.2, -0.15) is 0 Å². The monoisotopic (exact) mass is 306 g/mol. The number of carbonyl (C=O) groups is 1. The number of nitrogens with one attached hydrogen (secondary N) is 1. The first-order chi connectivity index (χ1) is 10.5. The Morgan fingerprint density at radius 1 is 1.32 bits per heavy atom. The lowest BCUT2D eigenvalue weighted by Crippen LogP contribution is -2.49. The van der Waals surface area contributed by atoms with Gasteiger partial charge in [-0.05, 0) is 26.8 Å². The van der Waals surface area contributed by atoms with Crippen molar-refractivity contribution in [1.82, 2.24) is 10.2 Å². The van der Waals surface area contributed by atoms with Crippen molar-refractivity contribution in [3.05, 3.63) is 29.3 Å². The minimum absolute atomic E-state index is 0.0369. The molecule has 1 saturated heterocycles. The van der Waals surface area contributed by atoms with E-state index >= 15 is 0 Å². The van der Waals surface area contributed by atoms with Gasteiger partial charge in [0.2, 0.25) is 5.91 Å². The number of hydrogen-bond donors (Lipinski definition) is 1. The molecule has 1 aliphatic rings. The molecule has 1 fully saturated rings. The molecule has 2 rings (SSSR count). The number of hydrogen-bond acceptors (Lipinski definition) is 4. The van der Waals surface area contributed by atoms with E-state index in [0.29, 0.717) is 26.3 Å². The first-order valence-corrected chi connectivity index (χ1v) is 7.80. The second kappa shape index (κ2) is 7.61. The predicted molar refractivity (Wildman–Crippen MR) is 86.1 cm³/mol. The fourth-order valence-corrected chi connectivity index (χ4v) is 2.79. The van der Waals surface area contributed by atoms with Crippen molar-refractivity contribution >= 4 is 5.91 Å². The molecule has 122 valence electrons. The summed E-state index contributed by atoms with van der Waals surface area (Å²) < 4.78 is 10.7. The van der Waals surface area contributed by atoms with E-state index < -0.39 is 0 Å². The standard InChI is InChI=1S/C17H26N2O3/c1-12-5-6-16(21-4)15(11-12)13(2)18-14(3)17(20)19-7-9-22-10-8-19/h5-6,11,13-14,18H,7-10H2,1-4H3. The number of morpholine rings is 1. The molecule has 1 aliphatic heterocycles. The molecule has 0 radical (unpaired) electrons. The van der Waals surface area contributed by atoms with Crippen LogP contribution in [0.5, 0.6) is 5.75 Å². The number of ether oxygens (including phenoxy) is 2. The number of nitrogens with zero attached hydrogens (tertiary/aromatic N) is 1. The van der Waals surface area contributed by atoms with E-state index in [2.05, 4.69) is 25.2 Å². The van der Waals surface area contributed by atoms with Gasteiger partial charge >= 0.3 is 0 Å². The van der Waals surface area contributed by atoms with Crippen molar-refractivity contribution in [3.8, 4) is 5.75 Å². The first-order valence-electron chi connectivity index (χ1n) is 7.80. The molecular formula is C17H26N2O3. The van der Waals surface area contributed by atoms with Gasteiger partial charge in [-0.15, -0.1) is 0 Å². The average molecular weight is 306 g/mol. The van der Waals surface area contributed by atoms with Crippen molar-refractivity contribution < 1.29 is 14.3 Å². The quantitative estimate of drug-likeness (QED) is 0.903. The number of amides is 1. The molecule has 0 aromatic heterocycles. The molecule has 0 spiro atoms. The highest BCUT2D eigenvalue weighted by atomic mass is 16.5. The fraction of sp³-hybridized carbons (Fsp3) is 0.588. The summed E-state index contributed by atoms with van der Waals surface area (Å²) in [7, 11) is 1.67. The predicted octanol–water partition coefficient (Wildman–Crippen LogP) is 1.90. The Balaban J connectivity index is 2.02. The third-order valence-electron chi connectivity index (χ3n) is 4.04. The zero-order valence-electron chi connectivity index (χ0n) is 13.9. The van der Waals surface area contributed by atoms with Crippen LogP contribution in [0.25, 0.3) is 0 Å². The maximum atomic E-state index is 12.5. The molecule has 0 aliphatic carbocycles. The molecule has 1 amide bonds. The van der Waals surface area contributed by atoms with Crippen LogP contribution < -0.4 is 10.1 Å². The lowest BCUT2D eigenvalue weighted by Gasteiger charge is -2.31. The summed E-state index contributed by atoms with van der Waals surface area (Å²) in [4.78, 5) is 14.3. The second-order valence-corrected chi connectivity index (χ2v) is 5.79. The number of methoxy groups -OCH3 is 1. The number of aryl methyl sites for hydroxylation is 1. The van der Waals surface area contributed by atoms with E-state index in [1.54, 1.807) is 7.11 Å². The van der Waals surface area contributed by atoms with Crippen molar-refractivity contribution in [2.24, 2.45) is 0 Å². The summed E-state index contributed by atoms with van der Waals surface area (Å²) in [5, 5.41) is 3.38. The summed E-state index contributed by atoms with van der Waals surface area (Å²) in [5.41, 5.74) is 2.25. The molecule has 0 saturated carbocycles. The fourth-order valence-electron chi connectivity index (χ4n) is 2.79. The van der Waals surface area contributed by atoms with Crippen molar-refractivity contribution in [1.29, 1.82) is 0 Å². The van der Waals surface area contributed by atoms with Crippen LogP contribution >= 0.6 is 0 Å². The van der Waals surface area contributed by atoms with Crippen LogP contribution in [-0.4, -0.2) is 50.3 Å². The van der Waals surface area contributed by atoms with Crippen LogP contribution in [0.4, 0.5) is 0 Å². The van der Waals surface area contributed by atoms with Gasteiger partial charge in [0.05, 0.1) is 26.4 Å². The minimum Gasteiger partial charge on any atom is -0.496 e. The number of benzene rings is 1. The lowest BCUT2D eigenvalue weighted by molar-refractivity contribution is -0.137. The Hall–Kier alpha value is -1.59. The molecule has 22 heavy (non-hydrogen) atoms. The topological polar surface area (TPSA) is 50.8 Å². The molecule has 5 nitrogen and oxygen atoms in total. The molecule has 5 heteroatoms. The number of rotatable bonds is 5. The van der Waals surface area contributed by atoms with E-state index in [4.69, 9.17) is 9.47 Å². The average Bonchev–Trinajstić information content (AvgIpc) is 2.54. The minimum atomic E-state index is -0.238. The molecule has 1 aromatic rings. The van der Waals surface area contributed by atoms with E-state index in [0.717, 1.165) is 11.3 Å². The zero-order chi connectivity index (χ0) is 16.1. The van der Waals surface area contributed by atoms with Gasteiger partial charge in [-0.1, -0.05) is 17.7 Å². The lowest BCUT2D eigenvalue weighted by atomic mass is 10.0. The van der Waals surface area contributed by atoms with Gasteiger partial charge in [0.15, 0.2) is 0 Å². The van der Waals surface area contributed by atoms with Gasteiger partial charge in [-0.25, -0.2) is 0 Å². The van der Waals surface area contributed by atoms with Crippen LogP contribution in [0.15, 0.2) is 18.2 Å². The molecule has 1 N–H and O–H groups in total. The van der Waals surface area contributed by atoms with Crippen LogP contribution in [0, 0.1) is 6.92 Å². The van der Waals surface area contributed by atoms with E-state index in [-0.39, 0.29) is 18.0 Å². The van der Waals surface area contributed by atoms with E-state index in [1.165, 1.54) is 5.56 Å². The number of carbonyl (C=O) groups excluding carboxylic acids is 1. The van der Waals surface area contributed by atoms with Gasteiger partial charge in [-0.3, -0.25) is 10.1 Å². The molecule has 1 heterocycles. The summed E-state index contributed by atoms with van der Waals surface area (Å²) in [5.74, 6) is 0.971. The highest BCUT2D eigenvalue weighted by Gasteiger charge is 2.24. The maximum absolute atomic E-state index is 12.5. The smallest absolute Gasteiger partial charge is 0.239 e. The maximum Gasteiger partial charge on any atom is 0.239 e. The second-order valence-electron chi connectivity index (χ2n) is 5.79. The van der Waals surface area contributed by atoms with Gasteiger partial charge in [0, 0.05) is 24.7 Å². The van der Waals surface area contributed by atoms with Crippen LogP contribution in [0.1, 0.15) is 31.0 Å². The Morgan fingerprint density at radius 3 is 2.64 bits per heavy atom. The van der Waals surface area contributed by atoms with Gasteiger partial charge < -0.3 is 14.4 Å². The summed E-state index contributed by atoms with van der Waals surface area (Å²) in [6, 6.07) is 5.89. The Bertz CT molecular complexity index is 513. The Morgan fingerprint density at radius 2 is 2.00 bits per heavy atom. The van der Waals surface area contributed by atoms with E-state index in [9.17, 15) is 4.79 Å². The SMILES string of the molecule is COc1ccc(C)cc1C(C)NC(C)C(=O)N1CCOCC1. The normalized spacial score (nSPS) is 17.9. The molecule has 1 aromatic carbocycles. The van der Waals surface area contributed by atoms with Crippen LogP contribution in [-0.2, 0) is 9.53 Å². The highest BCUT2D eigenvalue weighted by molar-refractivity contribution is 5.81. The summed E-state index contributed by atoms with van der Waals surface area (Å²) in [6.45, 7) is 8.62. The summed E-state index contributed by atoms with van der Waals surface area (Å²) in [6.07, 6.45) is 0. The van der Waals surface area contributed by atoms with E-state index in [1.807, 2.05) is 24.0 Å². The van der Waals surface area contributed by atoms with Crippen molar-refractivity contribution in [2.75, 3.05) is 33.4 Å². The first kappa shape index (κ1) is 16.8. The van der Waals surface area contributed by atoms with Crippen LogP contribution in [0.3, 0.4) is 0 Å². The van der Waals surface area contributed by atoms with Crippen LogP contribution in [0.2, 0.25) is 0 Å². The third kappa shape index (κ3) is 3.99. The highest BCUT2D eigenvalue weighted by Crippen LogP contribution is 2.26. The molecular weight excluding hydrogens is 280 g/mol.